The van der Waals surface area contributed by atoms with Crippen LogP contribution in [0.4, 0.5) is 0 Å². The van der Waals surface area contributed by atoms with Gasteiger partial charge in [-0.3, -0.25) is 0 Å². The monoisotopic (exact) mass is 253 g/mol. The third-order valence-electron chi connectivity index (χ3n) is 0.718. The average Bonchev–Trinajstić information content (AvgIpc) is 1.90. The van der Waals surface area contributed by atoms with Gasteiger partial charge in [0.25, 0.3) is 0 Å². The third-order valence-corrected chi connectivity index (χ3v) is 0.718. The highest BCUT2D eigenvalue weighted by Crippen LogP contribution is 1.81. The Morgan fingerprint density at radius 3 is 1.56 bits per heavy atom. The molecule has 0 spiro atoms. The normalized spacial score (nSPS) is 12.4. The fourth-order valence-electron chi connectivity index (χ4n) is 0.406. The van der Waals surface area contributed by atoms with Gasteiger partial charge in [0.15, 0.2) is 0 Å². The van der Waals surface area contributed by atoms with Crippen LogP contribution in [0.15, 0.2) is 36.7 Å². The van der Waals surface area contributed by atoms with Gasteiger partial charge >= 0.3 is 0 Å². The van der Waals surface area contributed by atoms with Crippen LogP contribution in [0.3, 0.4) is 0 Å². The van der Waals surface area contributed by atoms with Crippen molar-refractivity contribution in [3.63, 3.8) is 0 Å². The van der Waals surface area contributed by atoms with Crippen molar-refractivity contribution in [2.24, 2.45) is 0 Å². The lowest BCUT2D eigenvalue weighted by Gasteiger charge is -1.79. The van der Waals surface area contributed by atoms with Crippen molar-refractivity contribution < 1.29 is 0 Å². The van der Waals surface area contributed by atoms with Crippen molar-refractivity contribution in [3.05, 3.63) is 36.7 Å². The first kappa shape index (κ1) is 11.7. The largest absolute Gasteiger partial charge is 0.368 e. The summed E-state index contributed by atoms with van der Waals surface area (Å²) in [7, 11) is 0. The average molecular weight is 255 g/mol. The van der Waals surface area contributed by atoms with Crippen molar-refractivity contribution in [1.29, 1.82) is 0 Å². The minimum absolute atomic E-state index is 0. The Kier molecular flexibility index (Phi) is 10.4. The van der Waals surface area contributed by atoms with Gasteiger partial charge < -0.3 is 5.32 Å². The molecule has 1 heterocycles. The van der Waals surface area contributed by atoms with E-state index in [4.69, 9.17) is 0 Å². The second kappa shape index (κ2) is 7.98. The molecular formula is C6H9Br2N. The van der Waals surface area contributed by atoms with Crippen LogP contribution >= 0.6 is 34.0 Å². The first-order valence-corrected chi connectivity index (χ1v) is 2.24. The molecule has 0 aromatic rings. The maximum absolute atomic E-state index is 2.92. The summed E-state index contributed by atoms with van der Waals surface area (Å²) in [6.07, 6.45) is 11.6. The van der Waals surface area contributed by atoms with Gasteiger partial charge in [-0.15, -0.1) is 34.0 Å². The van der Waals surface area contributed by atoms with Crippen LogP contribution in [0.5, 0.6) is 0 Å². The first-order chi connectivity index (χ1) is 3.50. The molecular weight excluding hydrogens is 246 g/mol. The van der Waals surface area contributed by atoms with Crippen molar-refractivity contribution in [1.82, 2.24) is 5.32 Å². The molecule has 0 aromatic heterocycles. The van der Waals surface area contributed by atoms with E-state index < -0.39 is 0 Å². The molecule has 0 amide bonds. The van der Waals surface area contributed by atoms with E-state index in [9.17, 15) is 0 Å². The maximum atomic E-state index is 2.92. The Hall–Kier alpha value is -0.0200. The summed E-state index contributed by atoms with van der Waals surface area (Å²) in [4.78, 5) is 0. The summed E-state index contributed by atoms with van der Waals surface area (Å²) in [5, 5.41) is 2.92. The fraction of sp³-hybridized carbons (Fsp3) is 0. The quantitative estimate of drug-likeness (QED) is 0.700. The van der Waals surface area contributed by atoms with Crippen molar-refractivity contribution >= 4 is 34.0 Å². The molecule has 1 aliphatic heterocycles. The van der Waals surface area contributed by atoms with Crippen LogP contribution in [0.1, 0.15) is 0 Å². The molecule has 0 saturated heterocycles. The number of halogens is 2. The van der Waals surface area contributed by atoms with Crippen LogP contribution < -0.4 is 5.32 Å². The van der Waals surface area contributed by atoms with Gasteiger partial charge in [0.1, 0.15) is 0 Å². The van der Waals surface area contributed by atoms with Gasteiger partial charge in [0.2, 0.25) is 0 Å². The molecule has 0 aromatic carbocycles. The van der Waals surface area contributed by atoms with Gasteiger partial charge in [-0.25, -0.2) is 0 Å². The summed E-state index contributed by atoms with van der Waals surface area (Å²) in [6.45, 7) is 0. The molecule has 52 valence electrons. The second-order valence-corrected chi connectivity index (χ2v) is 1.27. The van der Waals surface area contributed by atoms with Gasteiger partial charge in [-0.2, -0.15) is 0 Å². The number of rotatable bonds is 0. The van der Waals surface area contributed by atoms with Gasteiger partial charge in [0.05, 0.1) is 0 Å². The molecule has 9 heavy (non-hydrogen) atoms. The van der Waals surface area contributed by atoms with Gasteiger partial charge in [-0.1, -0.05) is 12.2 Å². The Bertz CT molecular complexity index is 113. The van der Waals surface area contributed by atoms with Crippen LogP contribution in [0.25, 0.3) is 0 Å². The van der Waals surface area contributed by atoms with Crippen molar-refractivity contribution in [3.8, 4) is 0 Å². The molecule has 0 fully saturated rings. The predicted octanol–water partition coefficient (Wildman–Crippen LogP) is 2.33. The van der Waals surface area contributed by atoms with E-state index in [0.717, 1.165) is 0 Å². The van der Waals surface area contributed by atoms with Crippen LogP contribution in [-0.4, -0.2) is 0 Å². The topological polar surface area (TPSA) is 12.0 Å². The van der Waals surface area contributed by atoms with E-state index >= 15 is 0 Å². The summed E-state index contributed by atoms with van der Waals surface area (Å²) >= 11 is 0. The number of hydrogen-bond donors (Lipinski definition) is 1. The molecule has 1 N–H and O–H groups in total. The number of hydrogen-bond acceptors (Lipinski definition) is 1. The van der Waals surface area contributed by atoms with E-state index in [-0.39, 0.29) is 34.0 Å². The smallest absolute Gasteiger partial charge is 0.000442 e. The van der Waals surface area contributed by atoms with E-state index in [0.29, 0.717) is 0 Å². The maximum Gasteiger partial charge on any atom is 0.000442 e. The van der Waals surface area contributed by atoms with E-state index in [2.05, 4.69) is 5.32 Å². The minimum atomic E-state index is 0. The Balaban J connectivity index is 0. The molecule has 1 aliphatic rings. The molecule has 0 saturated carbocycles. The molecule has 0 unspecified atom stereocenters. The predicted molar refractivity (Wildman–Crippen MR) is 51.2 cm³/mol. The van der Waals surface area contributed by atoms with E-state index in [1.54, 1.807) is 0 Å². The highest BCUT2D eigenvalue weighted by Gasteiger charge is 1.67. The lowest BCUT2D eigenvalue weighted by atomic mass is 10.5. The van der Waals surface area contributed by atoms with Crippen LogP contribution in [-0.2, 0) is 0 Å². The standard InChI is InChI=1S/C6H7N.2BrH/c1-2-4-6-7-5-3-1;;/h1-7H;2*1H. The molecule has 1 nitrogen and oxygen atoms in total. The Morgan fingerprint density at radius 1 is 0.667 bits per heavy atom. The number of allylic oxidation sites excluding steroid dienone is 4. The van der Waals surface area contributed by atoms with E-state index in [1.165, 1.54) is 0 Å². The van der Waals surface area contributed by atoms with Crippen LogP contribution in [0, 0.1) is 0 Å². The summed E-state index contributed by atoms with van der Waals surface area (Å²) in [5.74, 6) is 0. The molecule has 0 atom stereocenters. The molecule has 3 heteroatoms. The highest BCUT2D eigenvalue weighted by molar-refractivity contribution is 8.93. The lowest BCUT2D eigenvalue weighted by molar-refractivity contribution is 1.20. The Labute approximate surface area is 76.1 Å². The van der Waals surface area contributed by atoms with Crippen molar-refractivity contribution in [2.75, 3.05) is 0 Å². The van der Waals surface area contributed by atoms with Gasteiger partial charge in [-0.05, 0) is 12.2 Å². The van der Waals surface area contributed by atoms with Gasteiger partial charge in [0, 0.05) is 12.4 Å². The zero-order valence-electron chi connectivity index (χ0n) is 4.78. The highest BCUT2D eigenvalue weighted by atomic mass is 79.9. The first-order valence-electron chi connectivity index (χ1n) is 2.24. The zero-order valence-corrected chi connectivity index (χ0v) is 8.21. The Morgan fingerprint density at radius 2 is 1.11 bits per heavy atom. The molecule has 1 rings (SSSR count). The molecule has 0 aliphatic carbocycles. The molecule has 0 radical (unpaired) electrons. The summed E-state index contributed by atoms with van der Waals surface area (Å²) < 4.78 is 0. The summed E-state index contributed by atoms with van der Waals surface area (Å²) in [5.41, 5.74) is 0. The van der Waals surface area contributed by atoms with Crippen LogP contribution in [0.2, 0.25) is 0 Å². The molecule has 0 bridgehead atoms. The summed E-state index contributed by atoms with van der Waals surface area (Å²) in [6, 6.07) is 0. The zero-order chi connectivity index (χ0) is 4.95. The second-order valence-electron chi connectivity index (χ2n) is 1.27. The third kappa shape index (κ3) is 5.86. The van der Waals surface area contributed by atoms with Crippen molar-refractivity contribution in [2.45, 2.75) is 0 Å². The fourth-order valence-corrected chi connectivity index (χ4v) is 0.406. The number of nitrogens with one attached hydrogen (secondary N) is 1. The minimum Gasteiger partial charge on any atom is -0.368 e. The van der Waals surface area contributed by atoms with E-state index in [1.807, 2.05) is 36.7 Å². The lowest BCUT2D eigenvalue weighted by Crippen LogP contribution is -1.87. The SMILES string of the molecule is Br.Br.C1=CC=CNC=C1.